The minimum atomic E-state index is -2.20. The molecule has 3 aromatic rings. The zero-order chi connectivity index (χ0) is 19.3. The second kappa shape index (κ2) is 9.11. The number of phenolic OH excluding ortho intramolecular Hbond substituents is 3. The lowest BCUT2D eigenvalue weighted by molar-refractivity contribution is 0.474. The van der Waals surface area contributed by atoms with Crippen LogP contribution >= 0.6 is 41.6 Å². The summed E-state index contributed by atoms with van der Waals surface area (Å²) in [5.41, 5.74) is 2.03. The fraction of sp³-hybridized carbons (Fsp3) is 0. The van der Waals surface area contributed by atoms with Crippen LogP contribution in [0.4, 0.5) is 0 Å². The molecule has 3 rings (SSSR count). The predicted octanol–water partition coefficient (Wildman–Crippen LogP) is 6.07. The van der Waals surface area contributed by atoms with Crippen molar-refractivity contribution in [3.05, 3.63) is 70.7 Å². The van der Waals surface area contributed by atoms with Gasteiger partial charge in [0.2, 0.25) is 11.2 Å². The Bertz CT molecular complexity index is 869. The van der Waals surface area contributed by atoms with Crippen LogP contribution in [0, 0.1) is 0 Å². The monoisotopic (exact) mass is 429 g/mol. The number of hydrogen-bond donors (Lipinski definition) is 3. The molecule has 3 aromatic carbocycles. The molecule has 0 amide bonds. The van der Waals surface area contributed by atoms with Crippen LogP contribution in [0.3, 0.4) is 0 Å². The van der Waals surface area contributed by atoms with Gasteiger partial charge in [0.15, 0.2) is 5.75 Å². The van der Waals surface area contributed by atoms with E-state index in [9.17, 15) is 9.67 Å². The minimum absolute atomic E-state index is 0.0131. The molecule has 0 aromatic heterocycles. The summed E-state index contributed by atoms with van der Waals surface area (Å²) in [5.74, 6) is 0.306. The fourth-order valence-corrected chi connectivity index (χ4v) is 3.79. The van der Waals surface area contributed by atoms with Crippen LogP contribution in [0.2, 0.25) is 10.0 Å². The molecule has 0 saturated carbocycles. The summed E-state index contributed by atoms with van der Waals surface area (Å²) in [6.07, 6.45) is 0. The van der Waals surface area contributed by atoms with Crippen molar-refractivity contribution in [3.63, 3.8) is 0 Å². The highest BCUT2D eigenvalue weighted by Crippen LogP contribution is 2.37. The van der Waals surface area contributed by atoms with Gasteiger partial charge >= 0.3 is 7.15 Å². The molecule has 0 aliphatic rings. The van der Waals surface area contributed by atoms with Crippen molar-refractivity contribution in [3.8, 4) is 28.4 Å². The van der Waals surface area contributed by atoms with Crippen LogP contribution in [0.5, 0.6) is 17.2 Å². The summed E-state index contributed by atoms with van der Waals surface area (Å²) in [4.78, 5) is 0. The van der Waals surface area contributed by atoms with Gasteiger partial charge in [0.25, 0.3) is 5.30 Å². The highest BCUT2D eigenvalue weighted by molar-refractivity contribution is 7.80. The van der Waals surface area contributed by atoms with Crippen LogP contribution in [0.1, 0.15) is 0 Å². The van der Waals surface area contributed by atoms with E-state index in [1.54, 1.807) is 24.3 Å². The molecule has 3 N–H and O–H groups in total. The Hall–Kier alpha value is -1.97. The van der Waals surface area contributed by atoms with Gasteiger partial charge in [-0.15, -0.1) is 0 Å². The summed E-state index contributed by atoms with van der Waals surface area (Å²) >= 11 is 16.5. The average molecular weight is 431 g/mol. The van der Waals surface area contributed by atoms with Gasteiger partial charge in [-0.3, -0.25) is 0 Å². The number of halogens is 3. The van der Waals surface area contributed by atoms with Crippen LogP contribution in [-0.4, -0.2) is 15.3 Å². The van der Waals surface area contributed by atoms with Crippen LogP contribution in [-0.2, 0) is 4.57 Å². The largest absolute Gasteiger partial charge is 0.508 e. The quantitative estimate of drug-likeness (QED) is 0.431. The first kappa shape index (κ1) is 20.3. The Balaban J connectivity index is 0.000000190. The third-order valence-corrected chi connectivity index (χ3v) is 5.54. The highest BCUT2D eigenvalue weighted by Gasteiger charge is 2.27. The van der Waals surface area contributed by atoms with E-state index in [4.69, 9.17) is 44.7 Å². The maximum atomic E-state index is 10.8. The molecule has 0 fully saturated rings. The van der Waals surface area contributed by atoms with E-state index in [1.807, 2.05) is 24.3 Å². The van der Waals surface area contributed by atoms with E-state index in [-0.39, 0.29) is 32.6 Å². The molecule has 0 bridgehead atoms. The van der Waals surface area contributed by atoms with E-state index in [0.29, 0.717) is 0 Å². The van der Waals surface area contributed by atoms with Crippen LogP contribution in [0.15, 0.2) is 60.7 Å². The first-order chi connectivity index (χ1) is 12.3. The molecular weight excluding hydrogens is 418 g/mol. The lowest BCUT2D eigenvalue weighted by Crippen LogP contribution is -1.97. The van der Waals surface area contributed by atoms with E-state index in [1.165, 1.54) is 12.1 Å². The molecule has 0 aliphatic heterocycles. The van der Waals surface area contributed by atoms with Crippen molar-refractivity contribution < 1.29 is 19.9 Å². The van der Waals surface area contributed by atoms with Crippen LogP contribution in [0.25, 0.3) is 11.1 Å². The predicted molar refractivity (Wildman–Crippen MR) is 106 cm³/mol. The van der Waals surface area contributed by atoms with Crippen molar-refractivity contribution in [2.24, 2.45) is 0 Å². The molecule has 26 heavy (non-hydrogen) atoms. The summed E-state index contributed by atoms with van der Waals surface area (Å²) in [7, 11) is -2.20. The molecule has 0 saturated heterocycles. The number of rotatable bonds is 2. The maximum absolute atomic E-state index is 10.8. The lowest BCUT2D eigenvalue weighted by atomic mass is 10.1. The van der Waals surface area contributed by atoms with Crippen molar-refractivity contribution in [1.29, 1.82) is 0 Å². The third kappa shape index (κ3) is 5.26. The standard InChI is InChI=1S/C12H10O2.C6H2Cl3O2P/c13-11-5-1-9(2-6-11)10-3-7-12(14)8-4-10;7-3-1-2-4(10)6(5(3)8)12(9)11/h1-8,13-14H;1-2H/p+1. The van der Waals surface area contributed by atoms with E-state index in [0.717, 1.165) is 11.1 Å². The minimum Gasteiger partial charge on any atom is -0.508 e. The topological polar surface area (TPSA) is 77.8 Å². The molecular formula is C18H13Cl3O4P+. The molecule has 0 spiro atoms. The first-order valence-electron chi connectivity index (χ1n) is 7.18. The maximum Gasteiger partial charge on any atom is 0.499 e. The second-order valence-corrected chi connectivity index (χ2v) is 7.71. The lowest BCUT2D eigenvalue weighted by Gasteiger charge is -2.01. The van der Waals surface area contributed by atoms with Gasteiger partial charge < -0.3 is 15.3 Å². The molecule has 0 radical (unpaired) electrons. The molecule has 0 heterocycles. The Morgan fingerprint density at radius 1 is 0.692 bits per heavy atom. The van der Waals surface area contributed by atoms with Gasteiger partial charge in [0.05, 0.1) is 5.02 Å². The van der Waals surface area contributed by atoms with Gasteiger partial charge in [0.1, 0.15) is 16.5 Å². The van der Waals surface area contributed by atoms with E-state index < -0.39 is 7.15 Å². The molecule has 134 valence electrons. The van der Waals surface area contributed by atoms with Crippen molar-refractivity contribution in [1.82, 2.24) is 0 Å². The van der Waals surface area contributed by atoms with Gasteiger partial charge in [-0.05, 0) is 52.1 Å². The van der Waals surface area contributed by atoms with Gasteiger partial charge in [0, 0.05) is 0 Å². The highest BCUT2D eigenvalue weighted by atomic mass is 35.7. The number of aromatic hydroxyl groups is 3. The molecule has 1 atom stereocenters. The summed E-state index contributed by atoms with van der Waals surface area (Å²) in [6, 6.07) is 16.6. The van der Waals surface area contributed by atoms with Gasteiger partial charge in [-0.25, -0.2) is 0 Å². The van der Waals surface area contributed by atoms with E-state index >= 15 is 0 Å². The molecule has 8 heteroatoms. The van der Waals surface area contributed by atoms with Gasteiger partial charge in [-0.2, -0.15) is 0 Å². The van der Waals surface area contributed by atoms with E-state index in [2.05, 4.69) is 0 Å². The SMILES string of the molecule is O=[P+](Cl)c1c(O)ccc(Cl)c1Cl.Oc1ccc(-c2ccc(O)cc2)cc1. The molecule has 0 aliphatic carbocycles. The smallest absolute Gasteiger partial charge is 0.499 e. The van der Waals surface area contributed by atoms with Crippen molar-refractivity contribution >= 4 is 46.9 Å². The van der Waals surface area contributed by atoms with Crippen molar-refractivity contribution in [2.75, 3.05) is 0 Å². The average Bonchev–Trinajstić information content (AvgIpc) is 2.60. The fourth-order valence-electron chi connectivity index (χ4n) is 2.00. The third-order valence-electron chi connectivity index (χ3n) is 3.29. The van der Waals surface area contributed by atoms with Crippen molar-refractivity contribution in [2.45, 2.75) is 0 Å². The Labute approximate surface area is 165 Å². The Morgan fingerprint density at radius 3 is 1.46 bits per heavy atom. The number of phenols is 3. The summed E-state index contributed by atoms with van der Waals surface area (Å²) in [5, 5.41) is 27.6. The first-order valence-corrected chi connectivity index (χ1v) is 10.1. The van der Waals surface area contributed by atoms with Gasteiger partial charge in [-0.1, -0.05) is 47.5 Å². The number of hydrogen-bond acceptors (Lipinski definition) is 4. The summed E-state index contributed by atoms with van der Waals surface area (Å²) < 4.78 is 10.8. The normalized spacial score (nSPS) is 10.7. The zero-order valence-corrected chi connectivity index (χ0v) is 16.3. The second-order valence-electron chi connectivity index (χ2n) is 5.07. The summed E-state index contributed by atoms with van der Waals surface area (Å²) in [6.45, 7) is 0. The zero-order valence-electron chi connectivity index (χ0n) is 13.1. The molecule has 1 unspecified atom stereocenters. The molecule has 4 nitrogen and oxygen atoms in total. The number of benzene rings is 3. The van der Waals surface area contributed by atoms with Crippen LogP contribution < -0.4 is 5.30 Å². The Kier molecular flexibility index (Phi) is 7.13. The Morgan fingerprint density at radius 2 is 1.12 bits per heavy atom.